The van der Waals surface area contributed by atoms with Crippen LogP contribution in [0.5, 0.6) is 0 Å². The average Bonchev–Trinajstić information content (AvgIpc) is 2.39. The molecular weight excluding hydrogens is 296 g/mol. The number of aromatic nitrogens is 1. The topological polar surface area (TPSA) is 42.4 Å². The van der Waals surface area contributed by atoms with Gasteiger partial charge in [-0.3, -0.25) is 9.78 Å². The number of hydrogen-bond donors (Lipinski definition) is 0. The molecule has 4 nitrogen and oxygen atoms in total. The molecule has 2 rings (SSSR count). The summed E-state index contributed by atoms with van der Waals surface area (Å²) in [5, 5.41) is 0. The second-order valence-corrected chi connectivity index (χ2v) is 5.52. The summed E-state index contributed by atoms with van der Waals surface area (Å²) >= 11 is 3.34. The van der Waals surface area contributed by atoms with Gasteiger partial charge in [-0.2, -0.15) is 0 Å². The Morgan fingerprint density at radius 3 is 3.17 bits per heavy atom. The third-order valence-electron chi connectivity index (χ3n) is 3.16. The summed E-state index contributed by atoms with van der Waals surface area (Å²) in [6.07, 6.45) is 5.48. The molecule has 1 saturated heterocycles. The number of rotatable bonds is 3. The highest BCUT2D eigenvalue weighted by Gasteiger charge is 2.24. The standard InChI is InChI=1S/C13H17BrN2O2/c1-18-9-10-3-2-4-16(8-10)13(17)11-5-12(14)7-15-6-11/h5-7,10H,2-4,8-9H2,1H3. The minimum absolute atomic E-state index is 0.0598. The summed E-state index contributed by atoms with van der Waals surface area (Å²) in [7, 11) is 1.71. The van der Waals surface area contributed by atoms with Gasteiger partial charge in [-0.1, -0.05) is 0 Å². The number of piperidine rings is 1. The van der Waals surface area contributed by atoms with Crippen molar-refractivity contribution in [2.75, 3.05) is 26.8 Å². The van der Waals surface area contributed by atoms with Crippen LogP contribution < -0.4 is 0 Å². The lowest BCUT2D eigenvalue weighted by Crippen LogP contribution is -2.41. The number of hydrogen-bond acceptors (Lipinski definition) is 3. The largest absolute Gasteiger partial charge is 0.384 e. The van der Waals surface area contributed by atoms with Gasteiger partial charge in [-0.15, -0.1) is 0 Å². The van der Waals surface area contributed by atoms with Gasteiger partial charge in [0.05, 0.1) is 12.2 Å². The van der Waals surface area contributed by atoms with E-state index in [-0.39, 0.29) is 5.91 Å². The fourth-order valence-electron chi connectivity index (χ4n) is 2.33. The predicted molar refractivity (Wildman–Crippen MR) is 72.4 cm³/mol. The van der Waals surface area contributed by atoms with E-state index in [1.54, 1.807) is 19.5 Å². The second-order valence-electron chi connectivity index (χ2n) is 4.61. The molecule has 98 valence electrons. The molecule has 0 radical (unpaired) electrons. The van der Waals surface area contributed by atoms with Crippen molar-refractivity contribution in [3.05, 3.63) is 28.5 Å². The molecule has 18 heavy (non-hydrogen) atoms. The molecule has 1 aromatic rings. The molecule has 0 N–H and O–H groups in total. The molecule has 0 aliphatic carbocycles. The molecule has 1 atom stereocenters. The Bertz CT molecular complexity index is 423. The Balaban J connectivity index is 2.04. The molecule has 5 heteroatoms. The van der Waals surface area contributed by atoms with Crippen LogP contribution >= 0.6 is 15.9 Å². The third-order valence-corrected chi connectivity index (χ3v) is 3.59. The quantitative estimate of drug-likeness (QED) is 0.860. The monoisotopic (exact) mass is 312 g/mol. The summed E-state index contributed by atoms with van der Waals surface area (Å²) in [5.41, 5.74) is 0.641. The van der Waals surface area contributed by atoms with Crippen molar-refractivity contribution in [1.82, 2.24) is 9.88 Å². The van der Waals surface area contributed by atoms with Crippen LogP contribution in [0, 0.1) is 5.92 Å². The molecule has 0 saturated carbocycles. The smallest absolute Gasteiger partial charge is 0.255 e. The van der Waals surface area contributed by atoms with Crippen molar-refractivity contribution in [2.24, 2.45) is 5.92 Å². The molecule has 1 amide bonds. The molecule has 0 bridgehead atoms. The first-order valence-corrected chi connectivity index (χ1v) is 6.88. The third kappa shape index (κ3) is 3.29. The first-order chi connectivity index (χ1) is 8.70. The van der Waals surface area contributed by atoms with Crippen molar-refractivity contribution in [3.8, 4) is 0 Å². The number of carbonyl (C=O) groups excluding carboxylic acids is 1. The lowest BCUT2D eigenvalue weighted by molar-refractivity contribution is 0.0570. The summed E-state index contributed by atoms with van der Waals surface area (Å²) in [6.45, 7) is 2.32. The highest BCUT2D eigenvalue weighted by molar-refractivity contribution is 9.10. The maximum atomic E-state index is 12.3. The van der Waals surface area contributed by atoms with E-state index < -0.39 is 0 Å². The number of pyridine rings is 1. The predicted octanol–water partition coefficient (Wildman–Crippen LogP) is 2.34. The van der Waals surface area contributed by atoms with Crippen LogP contribution in [0.2, 0.25) is 0 Å². The van der Waals surface area contributed by atoms with Crippen molar-refractivity contribution in [2.45, 2.75) is 12.8 Å². The van der Waals surface area contributed by atoms with E-state index >= 15 is 0 Å². The normalized spacial score (nSPS) is 19.9. The van der Waals surface area contributed by atoms with Gasteiger partial charge in [-0.05, 0) is 40.8 Å². The van der Waals surface area contributed by atoms with E-state index in [1.807, 2.05) is 11.0 Å². The van der Waals surface area contributed by atoms with E-state index in [4.69, 9.17) is 4.74 Å². The molecule has 1 unspecified atom stereocenters. The van der Waals surface area contributed by atoms with Gasteiger partial charge in [0.15, 0.2) is 0 Å². The molecular formula is C13H17BrN2O2. The molecule has 2 heterocycles. The number of ether oxygens (including phenoxy) is 1. The Morgan fingerprint density at radius 2 is 2.44 bits per heavy atom. The van der Waals surface area contributed by atoms with Gasteiger partial charge >= 0.3 is 0 Å². The molecule has 1 aliphatic heterocycles. The summed E-state index contributed by atoms with van der Waals surface area (Å²) < 4.78 is 6.01. The van der Waals surface area contributed by atoms with E-state index in [2.05, 4.69) is 20.9 Å². The van der Waals surface area contributed by atoms with Gasteiger partial charge in [0.2, 0.25) is 0 Å². The molecule has 1 aliphatic rings. The van der Waals surface area contributed by atoms with Crippen molar-refractivity contribution in [1.29, 1.82) is 0 Å². The minimum atomic E-state index is 0.0598. The summed E-state index contributed by atoms with van der Waals surface area (Å²) in [5.74, 6) is 0.511. The van der Waals surface area contributed by atoms with Crippen LogP contribution in [0.15, 0.2) is 22.9 Å². The van der Waals surface area contributed by atoms with Gasteiger partial charge < -0.3 is 9.64 Å². The zero-order valence-corrected chi connectivity index (χ0v) is 12.0. The number of halogens is 1. The van der Waals surface area contributed by atoms with Crippen LogP contribution in [-0.2, 0) is 4.74 Å². The first kappa shape index (κ1) is 13.5. The van der Waals surface area contributed by atoms with Gasteiger partial charge in [0.1, 0.15) is 0 Å². The lowest BCUT2D eigenvalue weighted by Gasteiger charge is -2.32. The number of amides is 1. The van der Waals surface area contributed by atoms with Crippen molar-refractivity contribution in [3.63, 3.8) is 0 Å². The fourth-order valence-corrected chi connectivity index (χ4v) is 2.70. The Labute approximate surface area is 115 Å². The fraction of sp³-hybridized carbons (Fsp3) is 0.538. The Hall–Kier alpha value is -0.940. The zero-order chi connectivity index (χ0) is 13.0. The van der Waals surface area contributed by atoms with E-state index in [0.717, 1.165) is 37.0 Å². The number of methoxy groups -OCH3 is 1. The molecule has 0 aromatic carbocycles. The van der Waals surface area contributed by atoms with Crippen LogP contribution in [0.25, 0.3) is 0 Å². The summed E-state index contributed by atoms with van der Waals surface area (Å²) in [6, 6.07) is 1.81. The Kier molecular flexibility index (Phi) is 4.72. The zero-order valence-electron chi connectivity index (χ0n) is 10.4. The lowest BCUT2D eigenvalue weighted by atomic mass is 9.98. The minimum Gasteiger partial charge on any atom is -0.384 e. The van der Waals surface area contributed by atoms with E-state index in [0.29, 0.717) is 11.5 Å². The number of likely N-dealkylation sites (tertiary alicyclic amines) is 1. The highest BCUT2D eigenvalue weighted by atomic mass is 79.9. The average molecular weight is 313 g/mol. The SMILES string of the molecule is COCC1CCCN(C(=O)c2cncc(Br)c2)C1. The first-order valence-electron chi connectivity index (χ1n) is 6.09. The van der Waals surface area contributed by atoms with Gasteiger partial charge in [-0.25, -0.2) is 0 Å². The summed E-state index contributed by atoms with van der Waals surface area (Å²) in [4.78, 5) is 18.3. The maximum Gasteiger partial charge on any atom is 0.255 e. The van der Waals surface area contributed by atoms with E-state index in [9.17, 15) is 4.79 Å². The maximum absolute atomic E-state index is 12.3. The number of nitrogens with zero attached hydrogens (tertiary/aromatic N) is 2. The second kappa shape index (κ2) is 6.29. The number of carbonyl (C=O) groups is 1. The van der Waals surface area contributed by atoms with Crippen LogP contribution in [0.3, 0.4) is 0 Å². The molecule has 0 spiro atoms. The van der Waals surface area contributed by atoms with Crippen LogP contribution in [0.4, 0.5) is 0 Å². The van der Waals surface area contributed by atoms with Gasteiger partial charge in [0.25, 0.3) is 5.91 Å². The Morgan fingerprint density at radius 1 is 1.61 bits per heavy atom. The van der Waals surface area contributed by atoms with Crippen molar-refractivity contribution >= 4 is 21.8 Å². The van der Waals surface area contributed by atoms with Crippen molar-refractivity contribution < 1.29 is 9.53 Å². The highest BCUT2D eigenvalue weighted by Crippen LogP contribution is 2.19. The molecule has 1 fully saturated rings. The van der Waals surface area contributed by atoms with E-state index in [1.165, 1.54) is 0 Å². The van der Waals surface area contributed by atoms with Crippen LogP contribution in [0.1, 0.15) is 23.2 Å². The van der Waals surface area contributed by atoms with Crippen LogP contribution in [-0.4, -0.2) is 42.6 Å². The molecule has 1 aromatic heterocycles. The van der Waals surface area contributed by atoms with Gasteiger partial charge in [0, 0.05) is 37.1 Å².